The Morgan fingerprint density at radius 3 is 3.06 bits per heavy atom. The molecule has 2 aromatic rings. The largest absolute Gasteiger partial charge is 0.391 e. The van der Waals surface area contributed by atoms with E-state index in [1.165, 1.54) is 11.9 Å². The molecule has 0 bridgehead atoms. The maximum atomic E-state index is 11.5. The van der Waals surface area contributed by atoms with E-state index in [2.05, 4.69) is 16.0 Å². The molecule has 92 valence electrons. The van der Waals surface area contributed by atoms with Crippen LogP contribution in [0.4, 0.5) is 17.2 Å². The first-order chi connectivity index (χ1) is 8.77. The summed E-state index contributed by atoms with van der Waals surface area (Å²) in [6.45, 7) is 0.831. The lowest BCUT2D eigenvalue weighted by atomic mass is 10.0. The first kappa shape index (κ1) is 10.8. The molecule has 0 amide bonds. The zero-order valence-electron chi connectivity index (χ0n) is 9.89. The van der Waals surface area contributed by atoms with E-state index in [0.717, 1.165) is 25.1 Å². The highest BCUT2D eigenvalue weighted by molar-refractivity contribution is 5.72. The van der Waals surface area contributed by atoms with Gasteiger partial charge in [0.05, 0.1) is 6.33 Å². The van der Waals surface area contributed by atoms with Crippen LogP contribution in [0.3, 0.4) is 0 Å². The molecule has 1 aliphatic heterocycles. The number of aryl methyl sites for hydroxylation is 1. The minimum Gasteiger partial charge on any atom is -0.391 e. The van der Waals surface area contributed by atoms with Crippen molar-refractivity contribution in [3.05, 3.63) is 46.5 Å². The van der Waals surface area contributed by atoms with Crippen LogP contribution in [0.2, 0.25) is 0 Å². The predicted octanol–water partition coefficient (Wildman–Crippen LogP) is 1.44. The quantitative estimate of drug-likeness (QED) is 0.793. The second-order valence-corrected chi connectivity index (χ2v) is 4.35. The fraction of sp³-hybridized carbons (Fsp3) is 0.231. The number of aromatic nitrogens is 2. The van der Waals surface area contributed by atoms with E-state index in [0.29, 0.717) is 5.82 Å². The predicted molar refractivity (Wildman–Crippen MR) is 71.0 cm³/mol. The summed E-state index contributed by atoms with van der Waals surface area (Å²) >= 11 is 0. The molecule has 1 aliphatic rings. The molecule has 1 aromatic carbocycles. The van der Waals surface area contributed by atoms with Gasteiger partial charge in [-0.25, -0.2) is 4.98 Å². The zero-order chi connectivity index (χ0) is 12.5. The van der Waals surface area contributed by atoms with Crippen LogP contribution in [0.5, 0.6) is 0 Å². The van der Waals surface area contributed by atoms with Crippen LogP contribution < -0.4 is 16.2 Å². The molecule has 0 spiro atoms. The number of para-hydroxylation sites is 1. The molecule has 0 saturated carbocycles. The van der Waals surface area contributed by atoms with Crippen molar-refractivity contribution in [1.82, 2.24) is 9.97 Å². The Hall–Kier alpha value is -2.30. The van der Waals surface area contributed by atoms with Gasteiger partial charge in [0.25, 0.3) is 5.56 Å². The van der Waals surface area contributed by atoms with Crippen LogP contribution in [0.25, 0.3) is 0 Å². The molecule has 0 saturated heterocycles. The van der Waals surface area contributed by atoms with Crippen LogP contribution >= 0.6 is 0 Å². The monoisotopic (exact) mass is 242 g/mol. The second kappa shape index (κ2) is 4.18. The van der Waals surface area contributed by atoms with E-state index in [1.54, 1.807) is 0 Å². The summed E-state index contributed by atoms with van der Waals surface area (Å²) in [7, 11) is 0. The van der Waals surface area contributed by atoms with E-state index in [4.69, 9.17) is 5.73 Å². The Labute approximate surface area is 104 Å². The highest BCUT2D eigenvalue weighted by Crippen LogP contribution is 2.33. The third kappa shape index (κ3) is 1.64. The smallest absolute Gasteiger partial charge is 0.276 e. The highest BCUT2D eigenvalue weighted by Gasteiger charge is 2.21. The van der Waals surface area contributed by atoms with Crippen LogP contribution in [0.15, 0.2) is 35.4 Å². The number of H-pyrrole nitrogens is 1. The summed E-state index contributed by atoms with van der Waals surface area (Å²) < 4.78 is 0. The molecule has 2 heterocycles. The van der Waals surface area contributed by atoms with Gasteiger partial charge in [-0.1, -0.05) is 18.2 Å². The number of anilines is 3. The molecule has 3 rings (SSSR count). The maximum Gasteiger partial charge on any atom is 0.276 e. The number of fused-ring (bicyclic) bond motifs is 1. The van der Waals surface area contributed by atoms with Gasteiger partial charge in [-0.3, -0.25) is 4.79 Å². The van der Waals surface area contributed by atoms with Gasteiger partial charge in [0, 0.05) is 12.2 Å². The maximum absolute atomic E-state index is 11.5. The summed E-state index contributed by atoms with van der Waals surface area (Å²) in [5, 5.41) is 0. The Morgan fingerprint density at radius 1 is 1.33 bits per heavy atom. The summed E-state index contributed by atoms with van der Waals surface area (Å²) in [6, 6.07) is 8.15. The lowest BCUT2D eigenvalue weighted by Gasteiger charge is -2.30. The minimum absolute atomic E-state index is 0.175. The van der Waals surface area contributed by atoms with Gasteiger partial charge >= 0.3 is 0 Å². The van der Waals surface area contributed by atoms with E-state index in [1.807, 2.05) is 23.1 Å². The van der Waals surface area contributed by atoms with Gasteiger partial charge in [-0.15, -0.1) is 0 Å². The Balaban J connectivity index is 2.14. The molecule has 0 unspecified atom stereocenters. The minimum atomic E-state index is -0.289. The van der Waals surface area contributed by atoms with Crippen molar-refractivity contribution in [2.45, 2.75) is 12.8 Å². The summed E-state index contributed by atoms with van der Waals surface area (Å²) in [5.41, 5.74) is 8.07. The number of hydrogen-bond donors (Lipinski definition) is 2. The highest BCUT2D eigenvalue weighted by atomic mass is 16.1. The Morgan fingerprint density at radius 2 is 2.17 bits per heavy atom. The van der Waals surface area contributed by atoms with E-state index in [-0.39, 0.29) is 11.2 Å². The van der Waals surface area contributed by atoms with Crippen molar-refractivity contribution in [3.8, 4) is 0 Å². The van der Waals surface area contributed by atoms with Gasteiger partial charge in [0.15, 0.2) is 5.82 Å². The molecule has 0 atom stereocenters. The second-order valence-electron chi connectivity index (χ2n) is 4.35. The number of nitrogens with two attached hydrogens (primary N) is 1. The van der Waals surface area contributed by atoms with Crippen molar-refractivity contribution < 1.29 is 0 Å². The van der Waals surface area contributed by atoms with E-state index in [9.17, 15) is 4.79 Å². The molecule has 1 aromatic heterocycles. The van der Waals surface area contributed by atoms with Crippen molar-refractivity contribution in [1.29, 1.82) is 0 Å². The molecule has 18 heavy (non-hydrogen) atoms. The van der Waals surface area contributed by atoms with E-state index < -0.39 is 0 Å². The molecule has 5 heteroatoms. The van der Waals surface area contributed by atoms with Gasteiger partial charge in [-0.2, -0.15) is 0 Å². The fourth-order valence-electron chi connectivity index (χ4n) is 2.37. The van der Waals surface area contributed by atoms with Crippen molar-refractivity contribution >= 4 is 17.2 Å². The summed E-state index contributed by atoms with van der Waals surface area (Å²) in [5.74, 6) is 0.547. The fourth-order valence-corrected chi connectivity index (χ4v) is 2.37. The SMILES string of the molecule is Nc1c(N2CCCc3ccccc32)nc[nH]c1=O. The third-order valence-electron chi connectivity index (χ3n) is 3.23. The number of rotatable bonds is 1. The van der Waals surface area contributed by atoms with Crippen LogP contribution in [-0.2, 0) is 6.42 Å². The summed E-state index contributed by atoms with van der Waals surface area (Å²) in [6.07, 6.45) is 3.48. The number of hydrogen-bond acceptors (Lipinski definition) is 4. The topological polar surface area (TPSA) is 75.0 Å². The average Bonchev–Trinajstić information content (AvgIpc) is 2.41. The first-order valence-corrected chi connectivity index (χ1v) is 5.96. The van der Waals surface area contributed by atoms with Crippen molar-refractivity contribution in [2.24, 2.45) is 0 Å². The molecule has 0 aliphatic carbocycles. The zero-order valence-corrected chi connectivity index (χ0v) is 9.89. The third-order valence-corrected chi connectivity index (χ3v) is 3.23. The van der Waals surface area contributed by atoms with Crippen LogP contribution in [0, 0.1) is 0 Å². The first-order valence-electron chi connectivity index (χ1n) is 5.96. The lowest BCUT2D eigenvalue weighted by molar-refractivity contribution is 0.758. The molecule has 5 nitrogen and oxygen atoms in total. The Kier molecular flexibility index (Phi) is 2.51. The number of aromatic amines is 1. The molecule has 0 radical (unpaired) electrons. The number of nitrogens with zero attached hydrogens (tertiary/aromatic N) is 2. The number of benzene rings is 1. The molecule has 3 N–H and O–H groups in total. The van der Waals surface area contributed by atoms with Crippen molar-refractivity contribution in [2.75, 3.05) is 17.2 Å². The van der Waals surface area contributed by atoms with Gasteiger partial charge in [0.1, 0.15) is 5.69 Å². The molecule has 0 fully saturated rings. The van der Waals surface area contributed by atoms with E-state index >= 15 is 0 Å². The van der Waals surface area contributed by atoms with Crippen LogP contribution in [0.1, 0.15) is 12.0 Å². The normalized spacial score (nSPS) is 14.3. The van der Waals surface area contributed by atoms with Gasteiger partial charge < -0.3 is 15.6 Å². The van der Waals surface area contributed by atoms with Crippen molar-refractivity contribution in [3.63, 3.8) is 0 Å². The van der Waals surface area contributed by atoms with Gasteiger partial charge in [-0.05, 0) is 24.5 Å². The standard InChI is InChI=1S/C13H14N4O/c14-11-12(15-8-16-13(11)18)17-7-3-5-9-4-1-2-6-10(9)17/h1-2,4,6,8H,3,5,7,14H2,(H,15,16,18). The average molecular weight is 242 g/mol. The molecular formula is C13H14N4O. The van der Waals surface area contributed by atoms with Crippen LogP contribution in [-0.4, -0.2) is 16.5 Å². The summed E-state index contributed by atoms with van der Waals surface area (Å²) in [4.78, 5) is 20.3. The molecular weight excluding hydrogens is 228 g/mol. The lowest BCUT2D eigenvalue weighted by Crippen LogP contribution is -2.28. The Bertz CT molecular complexity index is 635. The van der Waals surface area contributed by atoms with Gasteiger partial charge in [0.2, 0.25) is 0 Å². The number of nitrogens with one attached hydrogen (secondary N) is 1. The number of nitrogen functional groups attached to an aromatic ring is 1.